The fourth-order valence-corrected chi connectivity index (χ4v) is 5.08. The number of methoxy groups -OCH3 is 1. The Balaban J connectivity index is 1.58. The second-order valence-electron chi connectivity index (χ2n) is 8.59. The van der Waals surface area contributed by atoms with Crippen LogP contribution < -0.4 is 4.74 Å². The number of nitrogens with zero attached hydrogens (tertiary/aromatic N) is 3. The van der Waals surface area contributed by atoms with E-state index in [9.17, 15) is 0 Å². The molecular formula is C28H27N3OS. The largest absolute Gasteiger partial charge is 0.497 e. The molecule has 1 aromatic heterocycles. The zero-order valence-corrected chi connectivity index (χ0v) is 20.2. The Morgan fingerprint density at radius 2 is 1.79 bits per heavy atom. The fourth-order valence-electron chi connectivity index (χ4n) is 4.11. The number of aryl methyl sites for hydroxylation is 3. The molecule has 0 bridgehead atoms. The van der Waals surface area contributed by atoms with E-state index in [1.54, 1.807) is 18.9 Å². The number of rotatable bonds is 4. The van der Waals surface area contributed by atoms with Crippen LogP contribution in [0.2, 0.25) is 0 Å². The molecule has 0 atom stereocenters. The Labute approximate surface area is 199 Å². The van der Waals surface area contributed by atoms with E-state index in [2.05, 4.69) is 80.3 Å². The molecule has 5 rings (SSSR count). The molecule has 4 aromatic rings. The number of aliphatic imine (C=N–C) groups is 1. The van der Waals surface area contributed by atoms with Gasteiger partial charge in [0.15, 0.2) is 5.17 Å². The highest BCUT2D eigenvalue weighted by Gasteiger charge is 2.25. The minimum atomic E-state index is 0.770. The molecule has 0 saturated heterocycles. The number of para-hydroxylation sites is 1. The number of benzene rings is 3. The molecule has 166 valence electrons. The van der Waals surface area contributed by atoms with Gasteiger partial charge in [-0.05, 0) is 79.1 Å². The number of fused-ring (bicyclic) bond motifs is 2. The third-order valence-corrected chi connectivity index (χ3v) is 7.10. The van der Waals surface area contributed by atoms with E-state index in [0.29, 0.717) is 0 Å². The average Bonchev–Trinajstić information content (AvgIpc) is 2.81. The van der Waals surface area contributed by atoms with Crippen LogP contribution in [0.5, 0.6) is 5.75 Å². The zero-order valence-electron chi connectivity index (χ0n) is 19.4. The highest BCUT2D eigenvalue weighted by Crippen LogP contribution is 2.36. The van der Waals surface area contributed by atoms with E-state index in [4.69, 9.17) is 14.7 Å². The minimum absolute atomic E-state index is 0.770. The van der Waals surface area contributed by atoms with Crippen LogP contribution in [0.15, 0.2) is 76.7 Å². The van der Waals surface area contributed by atoms with Gasteiger partial charge in [0.25, 0.3) is 0 Å². The van der Waals surface area contributed by atoms with Gasteiger partial charge in [-0.25, -0.2) is 9.98 Å². The third-order valence-electron chi connectivity index (χ3n) is 6.02. The zero-order chi connectivity index (χ0) is 22.9. The number of pyridine rings is 1. The van der Waals surface area contributed by atoms with Gasteiger partial charge in [-0.15, -0.1) is 0 Å². The molecule has 4 nitrogen and oxygen atoms in total. The maximum atomic E-state index is 5.33. The summed E-state index contributed by atoms with van der Waals surface area (Å²) in [7, 11) is 1.70. The highest BCUT2D eigenvalue weighted by molar-refractivity contribution is 8.13. The lowest BCUT2D eigenvalue weighted by atomic mass is 10.1. The van der Waals surface area contributed by atoms with Crippen LogP contribution in [0.25, 0.3) is 10.9 Å². The molecule has 0 spiro atoms. The second-order valence-corrected chi connectivity index (χ2v) is 9.55. The molecule has 0 fully saturated rings. The number of hydrogen-bond donors (Lipinski definition) is 0. The summed E-state index contributed by atoms with van der Waals surface area (Å²) in [6.45, 7) is 7.89. The standard InChI is InChI=1S/C28H27N3OS/c1-18-8-9-19(2)25(14-18)29-28-31(16-21-10-12-24(32-4)13-11-21)17-23-15-22-7-5-6-20(3)26(22)30-27(23)33-28/h5-15H,16-17H2,1-4H3. The molecule has 2 heterocycles. The number of thioether (sulfide) groups is 1. The van der Waals surface area contributed by atoms with Gasteiger partial charge in [0.2, 0.25) is 0 Å². The summed E-state index contributed by atoms with van der Waals surface area (Å²) in [4.78, 5) is 12.5. The van der Waals surface area contributed by atoms with Crippen LogP contribution >= 0.6 is 11.8 Å². The first-order chi connectivity index (χ1) is 16.0. The molecule has 0 unspecified atom stereocenters. The summed E-state index contributed by atoms with van der Waals surface area (Å²) in [6.07, 6.45) is 0. The van der Waals surface area contributed by atoms with Gasteiger partial charge >= 0.3 is 0 Å². The maximum Gasteiger partial charge on any atom is 0.171 e. The number of ether oxygens (including phenoxy) is 1. The van der Waals surface area contributed by atoms with E-state index in [1.807, 2.05) is 12.1 Å². The van der Waals surface area contributed by atoms with Crippen LogP contribution in [0, 0.1) is 20.8 Å². The second kappa shape index (κ2) is 8.91. The van der Waals surface area contributed by atoms with E-state index >= 15 is 0 Å². The van der Waals surface area contributed by atoms with Crippen molar-refractivity contribution >= 4 is 33.5 Å². The van der Waals surface area contributed by atoms with Crippen molar-refractivity contribution in [3.63, 3.8) is 0 Å². The Kier molecular flexibility index (Phi) is 5.81. The van der Waals surface area contributed by atoms with E-state index in [-0.39, 0.29) is 0 Å². The Hall–Kier alpha value is -3.31. The lowest BCUT2D eigenvalue weighted by molar-refractivity contribution is 0.403. The minimum Gasteiger partial charge on any atom is -0.497 e. The Morgan fingerprint density at radius 3 is 2.58 bits per heavy atom. The molecule has 3 aromatic carbocycles. The molecule has 0 radical (unpaired) electrons. The monoisotopic (exact) mass is 453 g/mol. The van der Waals surface area contributed by atoms with Crippen LogP contribution in [0.1, 0.15) is 27.8 Å². The molecule has 33 heavy (non-hydrogen) atoms. The van der Waals surface area contributed by atoms with Crippen LogP contribution in [0.4, 0.5) is 5.69 Å². The maximum absolute atomic E-state index is 5.33. The topological polar surface area (TPSA) is 37.7 Å². The van der Waals surface area contributed by atoms with Crippen LogP contribution in [0.3, 0.4) is 0 Å². The molecule has 0 N–H and O–H groups in total. The first kappa shape index (κ1) is 21.5. The van der Waals surface area contributed by atoms with Gasteiger partial charge in [-0.2, -0.15) is 0 Å². The molecule has 1 aliphatic heterocycles. The molecular weight excluding hydrogens is 426 g/mol. The van der Waals surface area contributed by atoms with Gasteiger partial charge in [-0.3, -0.25) is 0 Å². The van der Waals surface area contributed by atoms with Crippen LogP contribution in [-0.4, -0.2) is 22.2 Å². The van der Waals surface area contributed by atoms with Gasteiger partial charge in [0.05, 0.1) is 18.3 Å². The normalized spacial score (nSPS) is 14.5. The first-order valence-electron chi connectivity index (χ1n) is 11.1. The predicted molar refractivity (Wildman–Crippen MR) is 138 cm³/mol. The highest BCUT2D eigenvalue weighted by atomic mass is 32.2. The van der Waals surface area contributed by atoms with Crippen molar-refractivity contribution < 1.29 is 4.74 Å². The molecule has 0 saturated carbocycles. The summed E-state index contributed by atoms with van der Waals surface area (Å²) < 4.78 is 5.33. The summed E-state index contributed by atoms with van der Waals surface area (Å²) in [6, 6.07) is 23.4. The summed E-state index contributed by atoms with van der Waals surface area (Å²) in [5.41, 5.74) is 8.12. The smallest absolute Gasteiger partial charge is 0.171 e. The van der Waals surface area contributed by atoms with E-state index in [0.717, 1.165) is 40.2 Å². The summed E-state index contributed by atoms with van der Waals surface area (Å²) in [5.74, 6) is 0.868. The summed E-state index contributed by atoms with van der Waals surface area (Å²) in [5, 5.41) is 3.22. The first-order valence-corrected chi connectivity index (χ1v) is 11.9. The van der Waals surface area contributed by atoms with Crippen molar-refractivity contribution in [2.75, 3.05) is 7.11 Å². The van der Waals surface area contributed by atoms with Crippen molar-refractivity contribution in [2.24, 2.45) is 4.99 Å². The number of hydrogen-bond acceptors (Lipinski definition) is 4. The van der Waals surface area contributed by atoms with Crippen molar-refractivity contribution in [3.05, 3.63) is 94.5 Å². The number of aromatic nitrogens is 1. The SMILES string of the molecule is COc1ccc(CN2Cc3cc4cccc(C)c4nc3SC2=Nc2cc(C)ccc2C)cc1. The van der Waals surface area contributed by atoms with Crippen molar-refractivity contribution in [1.29, 1.82) is 0 Å². The fraction of sp³-hybridized carbons (Fsp3) is 0.214. The lowest BCUT2D eigenvalue weighted by Crippen LogP contribution is -2.31. The predicted octanol–water partition coefficient (Wildman–Crippen LogP) is 6.96. The lowest BCUT2D eigenvalue weighted by Gasteiger charge is -2.31. The molecule has 0 aliphatic carbocycles. The molecule has 0 amide bonds. The molecule has 1 aliphatic rings. The van der Waals surface area contributed by atoms with Gasteiger partial charge in [0.1, 0.15) is 10.8 Å². The summed E-state index contributed by atoms with van der Waals surface area (Å²) >= 11 is 1.67. The number of amidine groups is 1. The average molecular weight is 454 g/mol. The van der Waals surface area contributed by atoms with Crippen molar-refractivity contribution in [1.82, 2.24) is 9.88 Å². The third kappa shape index (κ3) is 4.46. The van der Waals surface area contributed by atoms with Gasteiger partial charge < -0.3 is 9.64 Å². The van der Waals surface area contributed by atoms with Gasteiger partial charge in [-0.1, -0.05) is 42.5 Å². The van der Waals surface area contributed by atoms with Crippen LogP contribution in [-0.2, 0) is 13.1 Å². The van der Waals surface area contributed by atoms with Crippen molar-refractivity contribution in [2.45, 2.75) is 38.9 Å². The quantitative estimate of drug-likeness (QED) is 0.335. The van der Waals surface area contributed by atoms with Crippen molar-refractivity contribution in [3.8, 4) is 5.75 Å². The van der Waals surface area contributed by atoms with E-state index in [1.165, 1.54) is 33.2 Å². The van der Waals surface area contributed by atoms with E-state index < -0.39 is 0 Å². The Morgan fingerprint density at radius 1 is 0.970 bits per heavy atom. The van der Waals surface area contributed by atoms with Gasteiger partial charge in [0, 0.05) is 24.0 Å². The molecule has 5 heteroatoms. The Bertz CT molecular complexity index is 1360.